The van der Waals surface area contributed by atoms with Gasteiger partial charge in [-0.2, -0.15) is 4.31 Å². The topological polar surface area (TPSA) is 54.7 Å². The zero-order valence-corrected chi connectivity index (χ0v) is 16.4. The Morgan fingerprint density at radius 2 is 1.92 bits per heavy atom. The van der Waals surface area contributed by atoms with Crippen LogP contribution in [0.4, 0.5) is 0 Å². The van der Waals surface area contributed by atoms with Crippen molar-refractivity contribution < 1.29 is 13.3 Å². The summed E-state index contributed by atoms with van der Waals surface area (Å²) >= 11 is 7.63. The van der Waals surface area contributed by atoms with Gasteiger partial charge in [-0.15, -0.1) is 11.3 Å². The number of halogens is 1. The SMILES string of the molecule is O=S(=O)(c1cccs1)N1CC[NH+](Cc2cc3ccccc3nc2Cl)CC1. The highest BCUT2D eigenvalue weighted by Crippen LogP contribution is 2.21. The Morgan fingerprint density at radius 3 is 2.65 bits per heavy atom. The van der Waals surface area contributed by atoms with Crippen LogP contribution >= 0.6 is 22.9 Å². The fourth-order valence-electron chi connectivity index (χ4n) is 3.29. The van der Waals surface area contributed by atoms with Gasteiger partial charge in [0.25, 0.3) is 10.0 Å². The van der Waals surface area contributed by atoms with Crippen molar-refractivity contribution in [2.75, 3.05) is 26.2 Å². The van der Waals surface area contributed by atoms with Crippen LogP contribution < -0.4 is 4.90 Å². The standard InChI is InChI=1S/C18H18ClN3O2S2/c19-18-15(12-14-4-1-2-5-16(14)20-18)13-21-7-9-22(10-8-21)26(23,24)17-6-3-11-25-17/h1-6,11-12H,7-10,13H2/p+1. The molecule has 0 spiro atoms. The van der Waals surface area contributed by atoms with Crippen molar-refractivity contribution >= 4 is 43.9 Å². The van der Waals surface area contributed by atoms with Gasteiger partial charge in [0.15, 0.2) is 0 Å². The predicted molar refractivity (Wildman–Crippen MR) is 104 cm³/mol. The predicted octanol–water partition coefficient (Wildman–Crippen LogP) is 2.04. The molecule has 1 N–H and O–H groups in total. The van der Waals surface area contributed by atoms with Gasteiger partial charge in [-0.05, 0) is 23.6 Å². The molecular weight excluding hydrogens is 390 g/mol. The third-order valence-electron chi connectivity index (χ3n) is 4.71. The van der Waals surface area contributed by atoms with Crippen molar-refractivity contribution in [3.8, 4) is 0 Å². The molecule has 0 atom stereocenters. The van der Waals surface area contributed by atoms with Crippen LogP contribution in [0.1, 0.15) is 5.56 Å². The van der Waals surface area contributed by atoms with Crippen molar-refractivity contribution in [3.05, 3.63) is 58.6 Å². The molecule has 3 aromatic rings. The molecule has 0 saturated carbocycles. The number of hydrogen-bond acceptors (Lipinski definition) is 4. The maximum absolute atomic E-state index is 12.6. The second-order valence-corrected chi connectivity index (χ2v) is 9.86. The van der Waals surface area contributed by atoms with Gasteiger partial charge in [-0.1, -0.05) is 35.9 Å². The van der Waals surface area contributed by atoms with Crippen LogP contribution in [-0.4, -0.2) is 43.9 Å². The Kier molecular flexibility index (Phi) is 4.98. The van der Waals surface area contributed by atoms with E-state index < -0.39 is 10.0 Å². The maximum Gasteiger partial charge on any atom is 0.252 e. The zero-order valence-electron chi connectivity index (χ0n) is 14.1. The molecule has 1 aromatic carbocycles. The summed E-state index contributed by atoms with van der Waals surface area (Å²) in [4.78, 5) is 5.80. The van der Waals surface area contributed by atoms with Gasteiger partial charge in [0, 0.05) is 10.9 Å². The Labute approximate surface area is 161 Å². The first-order chi connectivity index (χ1) is 12.5. The van der Waals surface area contributed by atoms with Gasteiger partial charge < -0.3 is 4.90 Å². The number of para-hydroxylation sites is 1. The second kappa shape index (κ2) is 7.25. The first-order valence-electron chi connectivity index (χ1n) is 8.45. The largest absolute Gasteiger partial charge is 0.329 e. The number of sulfonamides is 1. The number of rotatable bonds is 4. The lowest BCUT2D eigenvalue weighted by Crippen LogP contribution is -3.13. The Balaban J connectivity index is 1.45. The maximum atomic E-state index is 12.6. The fourth-order valence-corrected chi connectivity index (χ4v) is 6.09. The molecule has 4 rings (SSSR count). The van der Waals surface area contributed by atoms with E-state index >= 15 is 0 Å². The highest BCUT2D eigenvalue weighted by Gasteiger charge is 2.31. The molecule has 1 aliphatic rings. The molecule has 0 unspecified atom stereocenters. The third kappa shape index (κ3) is 3.50. The summed E-state index contributed by atoms with van der Waals surface area (Å²) in [7, 11) is -3.35. The summed E-state index contributed by atoms with van der Waals surface area (Å²) in [5.74, 6) is 0. The van der Waals surface area contributed by atoms with Crippen molar-refractivity contribution in [2.24, 2.45) is 0 Å². The fraction of sp³-hybridized carbons (Fsp3) is 0.278. The summed E-state index contributed by atoms with van der Waals surface area (Å²) < 4.78 is 27.2. The van der Waals surface area contributed by atoms with Gasteiger partial charge >= 0.3 is 0 Å². The quantitative estimate of drug-likeness (QED) is 0.672. The molecule has 2 aromatic heterocycles. The van der Waals surface area contributed by atoms with E-state index in [1.165, 1.54) is 16.2 Å². The number of aromatic nitrogens is 1. The number of thiophene rings is 1. The van der Waals surface area contributed by atoms with Gasteiger partial charge in [0.2, 0.25) is 0 Å². The van der Waals surface area contributed by atoms with E-state index in [2.05, 4.69) is 11.1 Å². The summed E-state index contributed by atoms with van der Waals surface area (Å²) in [6.45, 7) is 3.31. The average Bonchev–Trinajstić information content (AvgIpc) is 3.18. The molecule has 1 aliphatic heterocycles. The number of pyridine rings is 1. The smallest absolute Gasteiger partial charge is 0.252 e. The van der Waals surface area contributed by atoms with Crippen molar-refractivity contribution in [3.63, 3.8) is 0 Å². The molecule has 0 bridgehead atoms. The summed E-state index contributed by atoms with van der Waals surface area (Å²) in [6, 6.07) is 13.4. The number of hydrogen-bond donors (Lipinski definition) is 1. The van der Waals surface area contributed by atoms with Crippen molar-refractivity contribution in [1.82, 2.24) is 9.29 Å². The molecule has 1 fully saturated rings. The molecule has 0 amide bonds. The number of quaternary nitrogens is 1. The van der Waals surface area contributed by atoms with Crippen LogP contribution in [0.15, 0.2) is 52.1 Å². The summed E-state index contributed by atoms with van der Waals surface area (Å²) in [6.07, 6.45) is 0. The molecular formula is C18H19ClN3O2S2+. The molecule has 0 aliphatic carbocycles. The minimum atomic E-state index is -3.35. The van der Waals surface area contributed by atoms with E-state index in [0.717, 1.165) is 36.1 Å². The minimum absolute atomic E-state index is 0.419. The van der Waals surface area contributed by atoms with Crippen LogP contribution in [-0.2, 0) is 16.6 Å². The molecule has 8 heteroatoms. The lowest BCUT2D eigenvalue weighted by atomic mass is 10.1. The van der Waals surface area contributed by atoms with E-state index in [1.807, 2.05) is 24.3 Å². The minimum Gasteiger partial charge on any atom is -0.329 e. The first-order valence-corrected chi connectivity index (χ1v) is 11.2. The molecule has 1 saturated heterocycles. The van der Waals surface area contributed by atoms with Crippen LogP contribution in [0.2, 0.25) is 5.15 Å². The Morgan fingerprint density at radius 1 is 1.15 bits per heavy atom. The lowest BCUT2D eigenvalue weighted by Gasteiger charge is -2.31. The van der Waals surface area contributed by atoms with Gasteiger partial charge in [-0.25, -0.2) is 13.4 Å². The van der Waals surface area contributed by atoms with Crippen LogP contribution in [0.5, 0.6) is 0 Å². The van der Waals surface area contributed by atoms with E-state index in [1.54, 1.807) is 21.8 Å². The van der Waals surface area contributed by atoms with Crippen LogP contribution in [0.3, 0.4) is 0 Å². The number of fused-ring (bicyclic) bond motifs is 1. The highest BCUT2D eigenvalue weighted by molar-refractivity contribution is 7.91. The lowest BCUT2D eigenvalue weighted by molar-refractivity contribution is -0.917. The summed E-state index contributed by atoms with van der Waals surface area (Å²) in [5.41, 5.74) is 1.90. The zero-order chi connectivity index (χ0) is 18.1. The summed E-state index contributed by atoms with van der Waals surface area (Å²) in [5, 5.41) is 3.40. The number of nitrogens with zero attached hydrogens (tertiary/aromatic N) is 2. The average molecular weight is 409 g/mol. The van der Waals surface area contributed by atoms with Crippen molar-refractivity contribution in [2.45, 2.75) is 10.8 Å². The number of piperazine rings is 1. The van der Waals surface area contributed by atoms with E-state index in [0.29, 0.717) is 22.5 Å². The van der Waals surface area contributed by atoms with E-state index in [9.17, 15) is 8.42 Å². The highest BCUT2D eigenvalue weighted by atomic mass is 35.5. The molecule has 26 heavy (non-hydrogen) atoms. The van der Waals surface area contributed by atoms with Crippen LogP contribution in [0.25, 0.3) is 10.9 Å². The van der Waals surface area contributed by atoms with E-state index in [-0.39, 0.29) is 0 Å². The number of benzene rings is 1. The number of nitrogens with one attached hydrogen (secondary N) is 1. The van der Waals surface area contributed by atoms with Crippen molar-refractivity contribution in [1.29, 1.82) is 0 Å². The Hall–Kier alpha value is -1.51. The van der Waals surface area contributed by atoms with Gasteiger partial charge in [0.05, 0.1) is 31.7 Å². The molecule has 136 valence electrons. The molecule has 3 heterocycles. The van der Waals surface area contributed by atoms with Gasteiger partial charge in [0.1, 0.15) is 15.9 Å². The molecule has 5 nitrogen and oxygen atoms in total. The second-order valence-electron chi connectivity index (χ2n) is 6.39. The first kappa shape index (κ1) is 17.9. The normalized spacial score (nSPS) is 17.0. The van der Waals surface area contributed by atoms with Gasteiger partial charge in [-0.3, -0.25) is 0 Å². The third-order valence-corrected chi connectivity index (χ3v) is 8.31. The molecule has 0 radical (unpaired) electrons. The van der Waals surface area contributed by atoms with E-state index in [4.69, 9.17) is 11.6 Å². The Bertz CT molecular complexity index is 1010. The monoisotopic (exact) mass is 408 g/mol. The van der Waals surface area contributed by atoms with Crippen LogP contribution in [0, 0.1) is 0 Å².